The molecule has 5 heteroatoms. The fraction of sp³-hybridized carbons (Fsp3) is 0.400. The number of hydrogen-bond donors (Lipinski definition) is 1. The maximum Gasteiger partial charge on any atom is 0.342 e. The molecule has 15 heavy (non-hydrogen) atoms. The molecular formula is C10H13FN2O2. The highest BCUT2D eigenvalue weighted by Gasteiger charge is 2.27. The van der Waals surface area contributed by atoms with Crippen LogP contribution in [0.5, 0.6) is 0 Å². The minimum Gasteiger partial charge on any atom is -0.464 e. The van der Waals surface area contributed by atoms with Crippen molar-refractivity contribution in [3.63, 3.8) is 0 Å². The molecule has 1 rings (SSSR count). The van der Waals surface area contributed by atoms with Crippen molar-refractivity contribution in [1.29, 1.82) is 0 Å². The van der Waals surface area contributed by atoms with E-state index in [9.17, 15) is 9.18 Å². The van der Waals surface area contributed by atoms with Gasteiger partial charge in [-0.15, -0.1) is 0 Å². The van der Waals surface area contributed by atoms with Crippen LogP contribution >= 0.6 is 0 Å². The van der Waals surface area contributed by atoms with Gasteiger partial charge in [0, 0.05) is 12.4 Å². The van der Waals surface area contributed by atoms with E-state index in [0.29, 0.717) is 5.56 Å². The van der Waals surface area contributed by atoms with Crippen molar-refractivity contribution >= 4 is 5.97 Å². The van der Waals surface area contributed by atoms with E-state index in [1.54, 1.807) is 25.3 Å². The van der Waals surface area contributed by atoms with E-state index in [1.165, 1.54) is 6.20 Å². The third kappa shape index (κ3) is 2.99. The number of carbonyl (C=O) groups excluding carboxylic acids is 1. The fourth-order valence-electron chi connectivity index (χ4n) is 1.11. The Hall–Kier alpha value is -1.49. The van der Waals surface area contributed by atoms with E-state index in [-0.39, 0.29) is 6.61 Å². The van der Waals surface area contributed by atoms with Crippen LogP contribution in [0, 0.1) is 0 Å². The average Bonchev–Trinajstić information content (AvgIpc) is 2.28. The Balaban J connectivity index is 2.68. The summed E-state index contributed by atoms with van der Waals surface area (Å²) in [6.07, 6.45) is 1.12. The van der Waals surface area contributed by atoms with Crippen molar-refractivity contribution in [2.45, 2.75) is 19.1 Å². The lowest BCUT2D eigenvalue weighted by Gasteiger charge is -2.15. The van der Waals surface area contributed by atoms with Gasteiger partial charge in [-0.2, -0.15) is 0 Å². The molecule has 0 bridgehead atoms. The lowest BCUT2D eigenvalue weighted by atomic mass is 10.1. The second-order valence-electron chi connectivity index (χ2n) is 2.97. The van der Waals surface area contributed by atoms with Crippen LogP contribution in [-0.2, 0) is 9.53 Å². The van der Waals surface area contributed by atoms with Gasteiger partial charge in [-0.3, -0.25) is 4.98 Å². The molecule has 2 atom stereocenters. The molecular weight excluding hydrogens is 199 g/mol. The predicted octanol–water partition coefficient (Wildman–Crippen LogP) is 0.983. The first-order chi connectivity index (χ1) is 7.16. The van der Waals surface area contributed by atoms with Gasteiger partial charge in [0.2, 0.25) is 6.17 Å². The fourth-order valence-corrected chi connectivity index (χ4v) is 1.11. The first-order valence-corrected chi connectivity index (χ1v) is 4.63. The number of nitrogens with two attached hydrogens (primary N) is 1. The molecule has 0 saturated heterocycles. The van der Waals surface area contributed by atoms with Crippen molar-refractivity contribution in [1.82, 2.24) is 4.98 Å². The van der Waals surface area contributed by atoms with Gasteiger partial charge in [-0.1, -0.05) is 6.07 Å². The molecule has 0 saturated carbocycles. The molecule has 0 fully saturated rings. The lowest BCUT2D eigenvalue weighted by Crippen LogP contribution is -2.31. The van der Waals surface area contributed by atoms with Crippen molar-refractivity contribution in [3.05, 3.63) is 30.1 Å². The smallest absolute Gasteiger partial charge is 0.342 e. The van der Waals surface area contributed by atoms with Gasteiger partial charge in [-0.05, 0) is 18.6 Å². The summed E-state index contributed by atoms with van der Waals surface area (Å²) in [5.41, 5.74) is 6.02. The average molecular weight is 212 g/mol. The van der Waals surface area contributed by atoms with E-state index in [4.69, 9.17) is 5.73 Å². The summed E-state index contributed by atoms with van der Waals surface area (Å²) in [6, 6.07) is 2.22. The Morgan fingerprint density at radius 1 is 1.73 bits per heavy atom. The van der Waals surface area contributed by atoms with Crippen molar-refractivity contribution in [2.75, 3.05) is 6.61 Å². The summed E-state index contributed by atoms with van der Waals surface area (Å²) in [7, 11) is 0. The standard InChI is InChI=1S/C10H13FN2O2/c1-2-15-10(14)8(11)9(12)7-4-3-5-13-6-7/h3-6,8-9H,2,12H2,1H3/t8?,9-/m0/s1. The second kappa shape index (κ2) is 5.41. The van der Waals surface area contributed by atoms with Crippen molar-refractivity contribution < 1.29 is 13.9 Å². The SMILES string of the molecule is CCOC(=O)C(F)[C@@H](N)c1cccnc1. The third-order valence-electron chi connectivity index (χ3n) is 1.90. The van der Waals surface area contributed by atoms with Crippen LogP contribution in [0.2, 0.25) is 0 Å². The van der Waals surface area contributed by atoms with Crippen LogP contribution in [0.25, 0.3) is 0 Å². The van der Waals surface area contributed by atoms with Gasteiger partial charge in [0.15, 0.2) is 0 Å². The van der Waals surface area contributed by atoms with Crippen LogP contribution in [0.3, 0.4) is 0 Å². The van der Waals surface area contributed by atoms with Gasteiger partial charge in [0.05, 0.1) is 12.6 Å². The summed E-state index contributed by atoms with van der Waals surface area (Å²) in [6.45, 7) is 1.75. The maximum atomic E-state index is 13.4. The number of pyridine rings is 1. The van der Waals surface area contributed by atoms with E-state index in [2.05, 4.69) is 9.72 Å². The molecule has 0 aromatic carbocycles. The molecule has 82 valence electrons. The van der Waals surface area contributed by atoms with Gasteiger partial charge in [-0.25, -0.2) is 9.18 Å². The van der Waals surface area contributed by atoms with Crippen molar-refractivity contribution in [3.8, 4) is 0 Å². The van der Waals surface area contributed by atoms with E-state index in [1.807, 2.05) is 0 Å². The van der Waals surface area contributed by atoms with E-state index in [0.717, 1.165) is 0 Å². The maximum absolute atomic E-state index is 13.4. The quantitative estimate of drug-likeness (QED) is 0.755. The molecule has 1 unspecified atom stereocenters. The number of ether oxygens (including phenoxy) is 1. The van der Waals surface area contributed by atoms with Crippen LogP contribution in [0.4, 0.5) is 4.39 Å². The summed E-state index contributed by atoms with van der Waals surface area (Å²) in [5, 5.41) is 0. The molecule has 1 heterocycles. The number of rotatable bonds is 4. The third-order valence-corrected chi connectivity index (χ3v) is 1.90. The first-order valence-electron chi connectivity index (χ1n) is 4.63. The molecule has 1 aromatic heterocycles. The Morgan fingerprint density at radius 2 is 2.47 bits per heavy atom. The minimum absolute atomic E-state index is 0.138. The molecule has 2 N–H and O–H groups in total. The molecule has 0 aliphatic rings. The summed E-state index contributed by atoms with van der Waals surface area (Å²) >= 11 is 0. The van der Waals surface area contributed by atoms with Crippen molar-refractivity contribution in [2.24, 2.45) is 5.73 Å². The Kier molecular flexibility index (Phi) is 4.17. The number of aromatic nitrogens is 1. The van der Waals surface area contributed by atoms with E-state index >= 15 is 0 Å². The van der Waals surface area contributed by atoms with Gasteiger partial charge in [0.25, 0.3) is 0 Å². The number of nitrogens with zero attached hydrogens (tertiary/aromatic N) is 1. The first kappa shape index (κ1) is 11.6. The molecule has 0 radical (unpaired) electrons. The highest BCUT2D eigenvalue weighted by Crippen LogP contribution is 2.16. The van der Waals surface area contributed by atoms with Gasteiger partial charge < -0.3 is 10.5 Å². The zero-order valence-electron chi connectivity index (χ0n) is 8.39. The zero-order chi connectivity index (χ0) is 11.3. The second-order valence-corrected chi connectivity index (χ2v) is 2.97. The number of alkyl halides is 1. The monoisotopic (exact) mass is 212 g/mol. The van der Waals surface area contributed by atoms with Gasteiger partial charge in [0.1, 0.15) is 0 Å². The van der Waals surface area contributed by atoms with Gasteiger partial charge >= 0.3 is 5.97 Å². The number of esters is 1. The highest BCUT2D eigenvalue weighted by molar-refractivity contribution is 5.75. The van der Waals surface area contributed by atoms with Crippen LogP contribution in [-0.4, -0.2) is 23.7 Å². The zero-order valence-corrected chi connectivity index (χ0v) is 8.39. The van der Waals surface area contributed by atoms with E-state index < -0.39 is 18.2 Å². The van der Waals surface area contributed by atoms with Crippen LogP contribution in [0.15, 0.2) is 24.5 Å². The molecule has 1 aromatic rings. The lowest BCUT2D eigenvalue weighted by molar-refractivity contribution is -0.149. The Bertz CT molecular complexity index is 318. The predicted molar refractivity (Wildman–Crippen MR) is 52.7 cm³/mol. The largest absolute Gasteiger partial charge is 0.464 e. The summed E-state index contributed by atoms with van der Waals surface area (Å²) in [5.74, 6) is -0.936. The van der Waals surface area contributed by atoms with Crippen LogP contribution in [0.1, 0.15) is 18.5 Å². The highest BCUT2D eigenvalue weighted by atomic mass is 19.1. The topological polar surface area (TPSA) is 65.2 Å². The molecule has 0 spiro atoms. The summed E-state index contributed by atoms with van der Waals surface area (Å²) in [4.78, 5) is 14.9. The molecule has 0 aliphatic heterocycles. The number of hydrogen-bond acceptors (Lipinski definition) is 4. The van der Waals surface area contributed by atoms with Crippen LogP contribution < -0.4 is 5.73 Å². The number of carbonyl (C=O) groups is 1. The molecule has 0 aliphatic carbocycles. The minimum atomic E-state index is -1.85. The Morgan fingerprint density at radius 3 is 3.00 bits per heavy atom. The normalized spacial score (nSPS) is 14.3. The molecule has 4 nitrogen and oxygen atoms in total. The molecule has 0 amide bonds. The number of halogens is 1. The Labute approximate surface area is 87.3 Å². The summed E-state index contributed by atoms with van der Waals surface area (Å²) < 4.78 is 18.0.